The van der Waals surface area contributed by atoms with Crippen molar-refractivity contribution in [1.29, 1.82) is 0 Å². The molecule has 0 radical (unpaired) electrons. The Morgan fingerprint density at radius 3 is 2.85 bits per heavy atom. The van der Waals surface area contributed by atoms with Crippen LogP contribution >= 0.6 is 23.7 Å². The molecule has 0 aliphatic rings. The van der Waals surface area contributed by atoms with Crippen molar-refractivity contribution in [2.45, 2.75) is 11.3 Å². The zero-order chi connectivity index (χ0) is 9.52. The van der Waals surface area contributed by atoms with Gasteiger partial charge in [-0.05, 0) is 29.7 Å². The van der Waals surface area contributed by atoms with Crippen molar-refractivity contribution >= 4 is 23.7 Å². The normalized spacial score (nSPS) is 10.9. The zero-order valence-electron chi connectivity index (χ0n) is 7.57. The number of hydrogen-bond donors (Lipinski definition) is 1. The van der Waals surface area contributed by atoms with Crippen LogP contribution in [0, 0.1) is 0 Å². The lowest BCUT2D eigenvalue weighted by atomic mass is 10.1. The van der Waals surface area contributed by atoms with Crippen LogP contribution in [0.1, 0.15) is 5.56 Å². The minimum Gasteiger partial charge on any atom is -0.274 e. The Morgan fingerprint density at radius 2 is 2.15 bits per heavy atom. The van der Waals surface area contributed by atoms with E-state index in [-0.39, 0.29) is 0 Å². The van der Waals surface area contributed by atoms with Crippen LogP contribution in [0.2, 0.25) is 0 Å². The van der Waals surface area contributed by atoms with E-state index in [9.17, 15) is 0 Å². The Labute approximate surface area is 87.9 Å². The first-order valence-electron chi connectivity index (χ1n) is 4.01. The van der Waals surface area contributed by atoms with Crippen LogP contribution in [-0.4, -0.2) is 6.26 Å². The zero-order valence-corrected chi connectivity index (χ0v) is 9.20. The van der Waals surface area contributed by atoms with Gasteiger partial charge >= 0.3 is 0 Å². The van der Waals surface area contributed by atoms with Crippen molar-refractivity contribution in [2.75, 3.05) is 6.26 Å². The molecule has 13 heavy (non-hydrogen) atoms. The molecule has 1 aromatic carbocycles. The van der Waals surface area contributed by atoms with Gasteiger partial charge in [0, 0.05) is 4.90 Å². The van der Waals surface area contributed by atoms with Gasteiger partial charge in [0.15, 0.2) is 0 Å². The highest BCUT2D eigenvalue weighted by molar-refractivity contribution is 8.00. The Kier molecular flexibility index (Phi) is 5.05. The number of nitrogens with two attached hydrogens (primary N) is 1. The van der Waals surface area contributed by atoms with Gasteiger partial charge in [-0.2, -0.15) is 0 Å². The van der Waals surface area contributed by atoms with Crippen LogP contribution in [0.4, 0.5) is 0 Å². The van der Waals surface area contributed by atoms with E-state index >= 15 is 0 Å². The number of allylic oxidation sites excluding steroid dienone is 1. The summed E-state index contributed by atoms with van der Waals surface area (Å²) in [4.78, 5) is 1.34. The summed E-state index contributed by atoms with van der Waals surface area (Å²) in [5.74, 6) is 0. The molecule has 0 aliphatic carbocycles. The van der Waals surface area contributed by atoms with Crippen LogP contribution in [0.15, 0.2) is 40.6 Å². The van der Waals surface area contributed by atoms with Crippen LogP contribution in [0.3, 0.4) is 0 Å². The fourth-order valence-electron chi connectivity index (χ4n) is 1.10. The molecule has 0 aromatic heterocycles. The molecule has 0 heterocycles. The highest BCUT2D eigenvalue weighted by Crippen LogP contribution is 2.20. The lowest BCUT2D eigenvalue weighted by molar-refractivity contribution is 1.18. The molecular weight excluding hydrogens is 198 g/mol. The van der Waals surface area contributed by atoms with E-state index in [0.29, 0.717) is 0 Å². The Morgan fingerprint density at radius 1 is 1.38 bits per heavy atom. The van der Waals surface area contributed by atoms with E-state index in [1.165, 1.54) is 22.4 Å². The SMILES string of the molecule is CSc1ccccc1C/C=C/SN. The van der Waals surface area contributed by atoms with Gasteiger partial charge in [0.05, 0.1) is 0 Å². The van der Waals surface area contributed by atoms with E-state index in [1.54, 1.807) is 11.8 Å². The second-order valence-corrected chi connectivity index (χ2v) is 3.92. The number of benzene rings is 1. The van der Waals surface area contributed by atoms with Crippen molar-refractivity contribution in [3.63, 3.8) is 0 Å². The Hall–Kier alpha value is -0.380. The van der Waals surface area contributed by atoms with Gasteiger partial charge in [0.2, 0.25) is 0 Å². The Balaban J connectivity index is 2.69. The summed E-state index contributed by atoms with van der Waals surface area (Å²) in [5.41, 5.74) is 1.36. The second kappa shape index (κ2) is 6.13. The van der Waals surface area contributed by atoms with Crippen molar-refractivity contribution < 1.29 is 0 Å². The first-order chi connectivity index (χ1) is 6.38. The van der Waals surface area contributed by atoms with E-state index in [2.05, 4.69) is 36.6 Å². The molecule has 1 rings (SSSR count). The molecular formula is C10H13NS2. The molecule has 0 unspecified atom stereocenters. The molecule has 0 aliphatic heterocycles. The third-order valence-corrected chi connectivity index (χ3v) is 2.89. The quantitative estimate of drug-likeness (QED) is 0.612. The van der Waals surface area contributed by atoms with Crippen LogP contribution in [0.25, 0.3) is 0 Å². The molecule has 2 N–H and O–H groups in total. The van der Waals surface area contributed by atoms with Gasteiger partial charge in [0.1, 0.15) is 0 Å². The summed E-state index contributed by atoms with van der Waals surface area (Å²) in [7, 11) is 0. The predicted octanol–water partition coefficient (Wildman–Crippen LogP) is 3.07. The van der Waals surface area contributed by atoms with Crippen LogP contribution in [0.5, 0.6) is 0 Å². The van der Waals surface area contributed by atoms with E-state index in [4.69, 9.17) is 5.14 Å². The van der Waals surface area contributed by atoms with Gasteiger partial charge in [-0.3, -0.25) is 5.14 Å². The van der Waals surface area contributed by atoms with Crippen molar-refractivity contribution in [3.8, 4) is 0 Å². The average molecular weight is 211 g/mol. The monoisotopic (exact) mass is 211 g/mol. The highest BCUT2D eigenvalue weighted by atomic mass is 32.2. The van der Waals surface area contributed by atoms with Gasteiger partial charge < -0.3 is 0 Å². The van der Waals surface area contributed by atoms with E-state index in [0.717, 1.165) is 6.42 Å². The lowest BCUT2D eigenvalue weighted by Crippen LogP contribution is -1.84. The number of thioether (sulfide) groups is 1. The van der Waals surface area contributed by atoms with Gasteiger partial charge in [0.25, 0.3) is 0 Å². The molecule has 1 aromatic rings. The molecule has 3 heteroatoms. The van der Waals surface area contributed by atoms with Crippen molar-refractivity contribution in [2.24, 2.45) is 5.14 Å². The lowest BCUT2D eigenvalue weighted by Gasteiger charge is -2.02. The maximum Gasteiger partial charge on any atom is 0.0104 e. The van der Waals surface area contributed by atoms with Gasteiger partial charge in [-0.15, -0.1) is 11.8 Å². The smallest absolute Gasteiger partial charge is 0.0104 e. The van der Waals surface area contributed by atoms with E-state index in [1.807, 2.05) is 5.41 Å². The molecule has 0 saturated heterocycles. The molecule has 0 saturated carbocycles. The molecule has 0 fully saturated rings. The topological polar surface area (TPSA) is 26.0 Å². The Bertz CT molecular complexity index is 284. The van der Waals surface area contributed by atoms with Crippen LogP contribution < -0.4 is 5.14 Å². The molecule has 1 nitrogen and oxygen atoms in total. The summed E-state index contributed by atoms with van der Waals surface area (Å²) < 4.78 is 0. The van der Waals surface area contributed by atoms with E-state index < -0.39 is 0 Å². The molecule has 0 amide bonds. The fraction of sp³-hybridized carbons (Fsp3) is 0.200. The first kappa shape index (κ1) is 10.7. The minimum atomic E-state index is 0.960. The summed E-state index contributed by atoms with van der Waals surface area (Å²) >= 11 is 3.03. The summed E-state index contributed by atoms with van der Waals surface area (Å²) in [6, 6.07) is 8.43. The third-order valence-electron chi connectivity index (χ3n) is 1.71. The number of hydrogen-bond acceptors (Lipinski definition) is 3. The standard InChI is InChI=1S/C10H13NS2/c1-12-10-7-3-2-5-9(10)6-4-8-13-11/h2-5,7-8H,6,11H2,1H3/b8-4+. The molecule has 0 bridgehead atoms. The molecule has 0 spiro atoms. The van der Waals surface area contributed by atoms with Crippen molar-refractivity contribution in [3.05, 3.63) is 41.3 Å². The van der Waals surface area contributed by atoms with Crippen LogP contribution in [-0.2, 0) is 6.42 Å². The van der Waals surface area contributed by atoms with Crippen molar-refractivity contribution in [1.82, 2.24) is 0 Å². The highest BCUT2D eigenvalue weighted by Gasteiger charge is 1.96. The maximum absolute atomic E-state index is 5.29. The predicted molar refractivity (Wildman–Crippen MR) is 62.8 cm³/mol. The average Bonchev–Trinajstić information content (AvgIpc) is 2.19. The molecule has 0 atom stereocenters. The summed E-state index contributed by atoms with van der Waals surface area (Å²) in [6.07, 6.45) is 5.14. The summed E-state index contributed by atoms with van der Waals surface area (Å²) in [5, 5.41) is 7.20. The minimum absolute atomic E-state index is 0.960. The molecule has 70 valence electrons. The maximum atomic E-state index is 5.29. The van der Waals surface area contributed by atoms with Gasteiger partial charge in [-0.1, -0.05) is 36.2 Å². The largest absolute Gasteiger partial charge is 0.274 e. The fourth-order valence-corrected chi connectivity index (χ4v) is 1.94. The summed E-state index contributed by atoms with van der Waals surface area (Å²) in [6.45, 7) is 0. The second-order valence-electron chi connectivity index (χ2n) is 2.52. The third kappa shape index (κ3) is 3.46. The van der Waals surface area contributed by atoms with Gasteiger partial charge in [-0.25, -0.2) is 0 Å². The first-order valence-corrected chi connectivity index (χ1v) is 6.17. The number of rotatable bonds is 4.